The number of carbonyl (C=O) groups is 2. The summed E-state index contributed by atoms with van der Waals surface area (Å²) in [5.74, 6) is -0.0578. The van der Waals surface area contributed by atoms with Crippen molar-refractivity contribution in [1.82, 2.24) is 9.88 Å². The lowest BCUT2D eigenvalue weighted by Gasteiger charge is -2.38. The van der Waals surface area contributed by atoms with Gasteiger partial charge in [-0.2, -0.15) is 0 Å². The number of cyclic esters (lactones) is 1. The van der Waals surface area contributed by atoms with Crippen LogP contribution in [0.5, 0.6) is 0 Å². The number of fused-ring (bicyclic) bond motifs is 1. The van der Waals surface area contributed by atoms with Crippen LogP contribution in [0.15, 0.2) is 66.9 Å². The zero-order valence-electron chi connectivity index (χ0n) is 19.0. The van der Waals surface area contributed by atoms with Crippen molar-refractivity contribution in [2.45, 2.75) is 57.2 Å². The molecular formula is C27H29N3O3. The van der Waals surface area contributed by atoms with Gasteiger partial charge in [-0.15, -0.1) is 0 Å². The second kappa shape index (κ2) is 8.50. The summed E-state index contributed by atoms with van der Waals surface area (Å²) in [5, 5.41) is 4.09. The Bertz CT molecular complexity index is 1160. The third-order valence-corrected chi connectivity index (χ3v) is 6.96. The van der Waals surface area contributed by atoms with E-state index in [4.69, 9.17) is 4.74 Å². The zero-order valence-corrected chi connectivity index (χ0v) is 19.0. The summed E-state index contributed by atoms with van der Waals surface area (Å²) in [5.41, 5.74) is 2.02. The second-order valence-electron chi connectivity index (χ2n) is 9.57. The number of nitrogens with zero attached hydrogens (tertiary/aromatic N) is 2. The highest BCUT2D eigenvalue weighted by molar-refractivity contribution is 6.01. The lowest BCUT2D eigenvalue weighted by molar-refractivity contribution is -0.121. The van der Waals surface area contributed by atoms with E-state index in [1.165, 1.54) is 0 Å². The first-order chi connectivity index (χ1) is 15.9. The molecule has 1 saturated carbocycles. The fraction of sp³-hybridized carbons (Fsp3) is 0.370. The minimum absolute atomic E-state index is 0.0236. The summed E-state index contributed by atoms with van der Waals surface area (Å²) >= 11 is 0. The van der Waals surface area contributed by atoms with Crippen molar-refractivity contribution in [3.05, 3.63) is 72.4 Å². The lowest BCUT2D eigenvalue weighted by Crippen LogP contribution is -2.43. The Labute approximate surface area is 194 Å². The number of carbonyl (C=O) groups excluding carboxylic acids is 2. The summed E-state index contributed by atoms with van der Waals surface area (Å²) in [6, 6.07) is 19.7. The number of para-hydroxylation sites is 1. The van der Waals surface area contributed by atoms with Gasteiger partial charge in [-0.3, -0.25) is 14.7 Å². The quantitative estimate of drug-likeness (QED) is 0.561. The second-order valence-corrected chi connectivity index (χ2v) is 9.57. The Morgan fingerprint density at radius 1 is 1.00 bits per heavy atom. The van der Waals surface area contributed by atoms with Crippen molar-refractivity contribution in [3.63, 3.8) is 0 Å². The van der Waals surface area contributed by atoms with Crippen LogP contribution in [-0.2, 0) is 9.53 Å². The predicted octanol–water partition coefficient (Wildman–Crippen LogP) is 5.70. The van der Waals surface area contributed by atoms with Gasteiger partial charge in [0.15, 0.2) is 0 Å². The van der Waals surface area contributed by atoms with Crippen LogP contribution in [-0.4, -0.2) is 33.5 Å². The van der Waals surface area contributed by atoms with Crippen LogP contribution in [0.25, 0.3) is 10.9 Å². The maximum Gasteiger partial charge on any atom is 0.411 e. The van der Waals surface area contributed by atoms with Gasteiger partial charge < -0.3 is 10.1 Å². The van der Waals surface area contributed by atoms with Gasteiger partial charge in [-0.1, -0.05) is 48.5 Å². The summed E-state index contributed by atoms with van der Waals surface area (Å²) in [6.45, 7) is 3.94. The van der Waals surface area contributed by atoms with Crippen LogP contribution in [0, 0.1) is 5.92 Å². The molecule has 1 atom stereocenters. The Morgan fingerprint density at radius 2 is 1.73 bits per heavy atom. The topological polar surface area (TPSA) is 71.5 Å². The average molecular weight is 444 g/mol. The van der Waals surface area contributed by atoms with Gasteiger partial charge >= 0.3 is 6.09 Å². The van der Waals surface area contributed by atoms with E-state index in [1.54, 1.807) is 6.20 Å². The highest BCUT2D eigenvalue weighted by atomic mass is 16.6. The summed E-state index contributed by atoms with van der Waals surface area (Å²) < 4.78 is 5.78. The number of ether oxygens (including phenoxy) is 1. The number of aromatic nitrogens is 1. The first-order valence-electron chi connectivity index (χ1n) is 11.6. The number of amides is 2. The molecule has 33 heavy (non-hydrogen) atoms. The van der Waals surface area contributed by atoms with E-state index >= 15 is 0 Å². The first kappa shape index (κ1) is 21.4. The summed E-state index contributed by atoms with van der Waals surface area (Å²) in [4.78, 5) is 32.3. The highest BCUT2D eigenvalue weighted by Gasteiger charge is 2.51. The Balaban J connectivity index is 1.28. The molecule has 3 aromatic rings. The molecule has 2 fully saturated rings. The molecular weight excluding hydrogens is 414 g/mol. The van der Waals surface area contributed by atoms with Gasteiger partial charge in [-0.05, 0) is 57.2 Å². The largest absolute Gasteiger partial charge is 0.441 e. The SMILES string of the molecule is CC1(C)OC(=O)N(C2CCC(C(=O)Nc3cccc4cccnc34)CC2)C1c1ccccc1. The van der Waals surface area contributed by atoms with E-state index in [1.807, 2.05) is 67.3 Å². The third-order valence-electron chi connectivity index (χ3n) is 6.96. The number of anilines is 1. The molecule has 2 aromatic carbocycles. The van der Waals surface area contributed by atoms with E-state index in [9.17, 15) is 9.59 Å². The smallest absolute Gasteiger partial charge is 0.411 e. The molecule has 1 aliphatic carbocycles. The van der Waals surface area contributed by atoms with Gasteiger partial charge in [0.05, 0.1) is 17.2 Å². The van der Waals surface area contributed by atoms with E-state index in [0.29, 0.717) is 0 Å². The molecule has 170 valence electrons. The number of benzene rings is 2. The number of hydrogen-bond donors (Lipinski definition) is 1. The zero-order chi connectivity index (χ0) is 23.0. The van der Waals surface area contributed by atoms with Gasteiger partial charge in [0.25, 0.3) is 0 Å². The Morgan fingerprint density at radius 3 is 2.48 bits per heavy atom. The molecule has 0 bridgehead atoms. The minimum atomic E-state index is -0.603. The van der Waals surface area contributed by atoms with Crippen molar-refractivity contribution in [2.24, 2.45) is 5.92 Å². The fourth-order valence-electron chi connectivity index (χ4n) is 5.39. The van der Waals surface area contributed by atoms with Crippen LogP contribution in [0.3, 0.4) is 0 Å². The number of rotatable bonds is 4. The maximum atomic E-state index is 13.0. The van der Waals surface area contributed by atoms with Crippen LogP contribution >= 0.6 is 0 Å². The van der Waals surface area contributed by atoms with Crippen molar-refractivity contribution < 1.29 is 14.3 Å². The fourth-order valence-corrected chi connectivity index (χ4v) is 5.39. The minimum Gasteiger partial charge on any atom is -0.441 e. The van der Waals surface area contributed by atoms with Gasteiger partial charge in [0.1, 0.15) is 5.60 Å². The van der Waals surface area contributed by atoms with Gasteiger partial charge in [0, 0.05) is 23.5 Å². The highest BCUT2D eigenvalue weighted by Crippen LogP contribution is 2.45. The average Bonchev–Trinajstić information content (AvgIpc) is 3.08. The molecule has 1 saturated heterocycles. The Kier molecular flexibility index (Phi) is 5.52. The summed E-state index contributed by atoms with van der Waals surface area (Å²) in [6.07, 6.45) is 4.51. The van der Waals surface area contributed by atoms with Gasteiger partial charge in [0.2, 0.25) is 5.91 Å². The van der Waals surface area contributed by atoms with E-state index in [0.717, 1.165) is 47.8 Å². The molecule has 2 amide bonds. The van der Waals surface area contributed by atoms with Crippen LogP contribution < -0.4 is 5.32 Å². The molecule has 2 aliphatic rings. The molecule has 1 aliphatic heterocycles. The van der Waals surface area contributed by atoms with Crippen molar-refractivity contribution >= 4 is 28.6 Å². The standard InChI is InChI=1S/C27H29N3O3/c1-27(2)24(19-8-4-3-5-9-19)30(26(32)33-27)21-15-13-20(14-16-21)25(31)29-22-12-6-10-18-11-7-17-28-23(18)22/h3-12,17,20-21,24H,13-16H2,1-2H3,(H,29,31). The molecule has 6 heteroatoms. The molecule has 6 nitrogen and oxygen atoms in total. The molecule has 2 heterocycles. The van der Waals surface area contributed by atoms with E-state index < -0.39 is 5.60 Å². The van der Waals surface area contributed by atoms with Gasteiger partial charge in [-0.25, -0.2) is 4.79 Å². The monoisotopic (exact) mass is 443 g/mol. The van der Waals surface area contributed by atoms with E-state index in [2.05, 4.69) is 22.4 Å². The van der Waals surface area contributed by atoms with Crippen molar-refractivity contribution in [3.8, 4) is 0 Å². The third kappa shape index (κ3) is 4.06. The number of pyridine rings is 1. The normalized spacial score (nSPS) is 24.5. The number of hydrogen-bond acceptors (Lipinski definition) is 4. The molecule has 1 aromatic heterocycles. The summed E-state index contributed by atoms with van der Waals surface area (Å²) in [7, 11) is 0. The van der Waals surface area contributed by atoms with E-state index in [-0.39, 0.29) is 30.0 Å². The molecule has 5 rings (SSSR count). The molecule has 0 spiro atoms. The van der Waals surface area contributed by atoms with Crippen LogP contribution in [0.2, 0.25) is 0 Å². The first-order valence-corrected chi connectivity index (χ1v) is 11.6. The predicted molar refractivity (Wildman–Crippen MR) is 128 cm³/mol. The van der Waals surface area contributed by atoms with Crippen molar-refractivity contribution in [2.75, 3.05) is 5.32 Å². The maximum absolute atomic E-state index is 13.0. The van der Waals surface area contributed by atoms with Crippen LogP contribution in [0.1, 0.15) is 51.1 Å². The number of nitrogens with one attached hydrogen (secondary N) is 1. The van der Waals surface area contributed by atoms with Crippen molar-refractivity contribution in [1.29, 1.82) is 0 Å². The molecule has 0 radical (unpaired) electrons. The van der Waals surface area contributed by atoms with Crippen LogP contribution in [0.4, 0.5) is 10.5 Å². The molecule has 1 unspecified atom stereocenters. The lowest BCUT2D eigenvalue weighted by atomic mass is 9.82. The Hall–Kier alpha value is -3.41. The molecule has 1 N–H and O–H groups in total.